The van der Waals surface area contributed by atoms with E-state index in [0.29, 0.717) is 11.1 Å². The quantitative estimate of drug-likeness (QED) is 0.362. The maximum absolute atomic E-state index is 13.9. The zero-order valence-electron chi connectivity index (χ0n) is 19.3. The van der Waals surface area contributed by atoms with Gasteiger partial charge in [0.05, 0.1) is 24.3 Å². The van der Waals surface area contributed by atoms with E-state index in [1.165, 1.54) is 39.3 Å². The Kier molecular flexibility index (Phi) is 7.58. The standard InChI is InChI=1S/C24H22F3N3O5/c1-12(14-5-7-15(8-6-14)24(33)34-4)28-22(32)19-20(21(26)27)29-30(3)23(19)35-16-9-10-18(25)17(11-16)13(2)31/h5-12,21H,1-4H3,(H,28,32). The Labute approximate surface area is 198 Å². The van der Waals surface area contributed by atoms with Gasteiger partial charge in [0.15, 0.2) is 5.78 Å². The van der Waals surface area contributed by atoms with Gasteiger partial charge in [0.2, 0.25) is 5.88 Å². The summed E-state index contributed by atoms with van der Waals surface area (Å²) in [5.41, 5.74) is -0.660. The van der Waals surface area contributed by atoms with Gasteiger partial charge in [0.1, 0.15) is 22.8 Å². The number of carbonyl (C=O) groups excluding carboxylic acids is 3. The van der Waals surface area contributed by atoms with Crippen LogP contribution in [0.3, 0.4) is 0 Å². The lowest BCUT2D eigenvalue weighted by molar-refractivity contribution is 0.0600. The highest BCUT2D eigenvalue weighted by molar-refractivity contribution is 5.98. The summed E-state index contributed by atoms with van der Waals surface area (Å²) in [5.74, 6) is -3.10. The highest BCUT2D eigenvalue weighted by Crippen LogP contribution is 2.33. The summed E-state index contributed by atoms with van der Waals surface area (Å²) in [6.07, 6.45) is -3.09. The van der Waals surface area contributed by atoms with Gasteiger partial charge in [-0.25, -0.2) is 22.6 Å². The number of nitrogens with zero attached hydrogens (tertiary/aromatic N) is 2. The van der Waals surface area contributed by atoms with E-state index in [2.05, 4.69) is 15.2 Å². The second kappa shape index (κ2) is 10.4. The smallest absolute Gasteiger partial charge is 0.337 e. The maximum Gasteiger partial charge on any atom is 0.337 e. The second-order valence-electron chi connectivity index (χ2n) is 7.60. The molecule has 1 N–H and O–H groups in total. The molecule has 1 aromatic heterocycles. The third kappa shape index (κ3) is 5.51. The predicted molar refractivity (Wildman–Crippen MR) is 118 cm³/mol. The number of aryl methyl sites for hydroxylation is 1. The number of ketones is 1. The van der Waals surface area contributed by atoms with Crippen molar-refractivity contribution in [3.8, 4) is 11.6 Å². The van der Waals surface area contributed by atoms with Crippen molar-refractivity contribution in [2.45, 2.75) is 26.3 Å². The highest BCUT2D eigenvalue weighted by Gasteiger charge is 2.30. The van der Waals surface area contributed by atoms with E-state index in [4.69, 9.17) is 4.74 Å². The maximum atomic E-state index is 13.9. The van der Waals surface area contributed by atoms with Gasteiger partial charge in [-0.1, -0.05) is 12.1 Å². The van der Waals surface area contributed by atoms with Crippen molar-refractivity contribution in [2.24, 2.45) is 7.05 Å². The van der Waals surface area contributed by atoms with Crippen LogP contribution in [0.4, 0.5) is 13.2 Å². The van der Waals surface area contributed by atoms with E-state index in [0.717, 1.165) is 16.8 Å². The monoisotopic (exact) mass is 489 g/mol. The first-order valence-corrected chi connectivity index (χ1v) is 10.4. The Balaban J connectivity index is 1.92. The lowest BCUT2D eigenvalue weighted by Crippen LogP contribution is -2.27. The number of amides is 1. The molecule has 11 heteroatoms. The average Bonchev–Trinajstić information content (AvgIpc) is 3.15. The van der Waals surface area contributed by atoms with Crippen LogP contribution in [0.2, 0.25) is 0 Å². The molecule has 1 amide bonds. The minimum absolute atomic E-state index is 0.0408. The third-order valence-corrected chi connectivity index (χ3v) is 5.17. The summed E-state index contributed by atoms with van der Waals surface area (Å²) in [4.78, 5) is 36.3. The molecule has 3 aromatic rings. The van der Waals surface area contributed by atoms with Crippen molar-refractivity contribution >= 4 is 17.7 Å². The number of esters is 1. The molecular formula is C24H22F3N3O5. The molecule has 8 nitrogen and oxygen atoms in total. The molecule has 2 aromatic carbocycles. The van der Waals surface area contributed by atoms with E-state index in [1.807, 2.05) is 0 Å². The first-order valence-electron chi connectivity index (χ1n) is 10.4. The number of halogens is 3. The van der Waals surface area contributed by atoms with Crippen molar-refractivity contribution in [1.82, 2.24) is 15.1 Å². The first kappa shape index (κ1) is 25.5. The lowest BCUT2D eigenvalue weighted by atomic mass is 10.1. The molecular weight excluding hydrogens is 467 g/mol. The van der Waals surface area contributed by atoms with E-state index < -0.39 is 47.2 Å². The average molecular weight is 489 g/mol. The van der Waals surface area contributed by atoms with E-state index in [-0.39, 0.29) is 17.2 Å². The topological polar surface area (TPSA) is 99.5 Å². The Morgan fingerprint density at radius 1 is 1.09 bits per heavy atom. The van der Waals surface area contributed by atoms with Crippen LogP contribution < -0.4 is 10.1 Å². The van der Waals surface area contributed by atoms with Gasteiger partial charge >= 0.3 is 5.97 Å². The number of Topliss-reactive ketones (excluding diaryl/α,β-unsaturated/α-hetero) is 1. The number of rotatable bonds is 8. The van der Waals surface area contributed by atoms with Crippen molar-refractivity contribution in [2.75, 3.05) is 7.11 Å². The lowest BCUT2D eigenvalue weighted by Gasteiger charge is -2.16. The summed E-state index contributed by atoms with van der Waals surface area (Å²) in [5, 5.41) is 6.32. The zero-order chi connectivity index (χ0) is 25.9. The number of benzene rings is 2. The summed E-state index contributed by atoms with van der Waals surface area (Å²) in [6, 6.07) is 8.87. The molecule has 0 aliphatic rings. The summed E-state index contributed by atoms with van der Waals surface area (Å²) >= 11 is 0. The number of carbonyl (C=O) groups is 3. The third-order valence-electron chi connectivity index (χ3n) is 5.17. The van der Waals surface area contributed by atoms with Gasteiger partial charge in [0.25, 0.3) is 12.3 Å². The Bertz CT molecular complexity index is 1270. The fraction of sp³-hybridized carbons (Fsp3) is 0.250. The van der Waals surface area contributed by atoms with E-state index in [1.54, 1.807) is 19.1 Å². The molecule has 1 heterocycles. The van der Waals surface area contributed by atoms with Crippen LogP contribution in [0, 0.1) is 5.82 Å². The number of hydrogen-bond donors (Lipinski definition) is 1. The molecule has 0 spiro atoms. The van der Waals surface area contributed by atoms with Gasteiger partial charge in [-0.3, -0.25) is 9.59 Å². The molecule has 1 unspecified atom stereocenters. The first-order chi connectivity index (χ1) is 16.5. The van der Waals surface area contributed by atoms with Crippen molar-refractivity contribution in [3.63, 3.8) is 0 Å². The number of hydrogen-bond acceptors (Lipinski definition) is 6. The van der Waals surface area contributed by atoms with Crippen molar-refractivity contribution in [3.05, 3.63) is 76.2 Å². The van der Waals surface area contributed by atoms with Crippen LogP contribution >= 0.6 is 0 Å². The fourth-order valence-electron chi connectivity index (χ4n) is 3.34. The van der Waals surface area contributed by atoms with Crippen LogP contribution in [0.15, 0.2) is 42.5 Å². The SMILES string of the molecule is COC(=O)c1ccc(C(C)NC(=O)c2c(C(F)F)nn(C)c2Oc2ccc(F)c(C(C)=O)c2)cc1. The predicted octanol–water partition coefficient (Wildman–Crippen LogP) is 4.77. The van der Waals surface area contributed by atoms with Crippen LogP contribution in [-0.4, -0.2) is 34.6 Å². The second-order valence-corrected chi connectivity index (χ2v) is 7.60. The van der Waals surface area contributed by atoms with Gasteiger partial charge in [-0.2, -0.15) is 5.10 Å². The molecule has 0 aliphatic carbocycles. The molecule has 0 aliphatic heterocycles. The van der Waals surface area contributed by atoms with Crippen LogP contribution in [-0.2, 0) is 11.8 Å². The summed E-state index contributed by atoms with van der Waals surface area (Å²) in [7, 11) is 2.56. The van der Waals surface area contributed by atoms with E-state index >= 15 is 0 Å². The summed E-state index contributed by atoms with van der Waals surface area (Å²) < 4.78 is 52.5. The Morgan fingerprint density at radius 2 is 1.74 bits per heavy atom. The van der Waals surface area contributed by atoms with Gasteiger partial charge < -0.3 is 14.8 Å². The normalized spacial score (nSPS) is 11.8. The summed E-state index contributed by atoms with van der Waals surface area (Å²) in [6.45, 7) is 2.79. The van der Waals surface area contributed by atoms with Gasteiger partial charge in [-0.15, -0.1) is 0 Å². The number of ether oxygens (including phenoxy) is 2. The number of methoxy groups -OCH3 is 1. The molecule has 0 bridgehead atoms. The number of aromatic nitrogens is 2. The fourth-order valence-corrected chi connectivity index (χ4v) is 3.34. The molecule has 3 rings (SSSR count). The highest BCUT2D eigenvalue weighted by atomic mass is 19.3. The van der Waals surface area contributed by atoms with Gasteiger partial charge in [0, 0.05) is 7.05 Å². The Hall–Kier alpha value is -4.15. The van der Waals surface area contributed by atoms with E-state index in [9.17, 15) is 27.6 Å². The molecule has 0 saturated carbocycles. The van der Waals surface area contributed by atoms with Crippen molar-refractivity contribution in [1.29, 1.82) is 0 Å². The molecule has 0 fully saturated rings. The molecule has 0 saturated heterocycles. The largest absolute Gasteiger partial charge is 0.465 e. The van der Waals surface area contributed by atoms with Crippen LogP contribution in [0.5, 0.6) is 11.6 Å². The Morgan fingerprint density at radius 3 is 2.31 bits per heavy atom. The minimum atomic E-state index is -3.09. The van der Waals surface area contributed by atoms with Crippen LogP contribution in [0.1, 0.15) is 68.6 Å². The molecule has 1 atom stereocenters. The van der Waals surface area contributed by atoms with Crippen LogP contribution in [0.25, 0.3) is 0 Å². The zero-order valence-corrected chi connectivity index (χ0v) is 19.3. The molecule has 184 valence electrons. The van der Waals surface area contributed by atoms with Crippen molar-refractivity contribution < 1.29 is 37.0 Å². The van der Waals surface area contributed by atoms with Gasteiger partial charge in [-0.05, 0) is 49.7 Å². The molecule has 0 radical (unpaired) electrons. The number of alkyl halides is 2. The molecule has 35 heavy (non-hydrogen) atoms. The number of nitrogens with one attached hydrogen (secondary N) is 1. The minimum Gasteiger partial charge on any atom is -0.465 e.